The van der Waals surface area contributed by atoms with E-state index in [1.165, 1.54) is 4.90 Å². The molecule has 1 heterocycles. The fourth-order valence-corrected chi connectivity index (χ4v) is 2.99. The lowest BCUT2D eigenvalue weighted by molar-refractivity contribution is -0.146. The Morgan fingerprint density at radius 1 is 1.04 bits per heavy atom. The maximum absolute atomic E-state index is 12.6. The molecule has 0 aliphatic carbocycles. The van der Waals surface area contributed by atoms with Gasteiger partial charge in [-0.05, 0) is 30.2 Å². The molecule has 1 fully saturated rings. The van der Waals surface area contributed by atoms with Gasteiger partial charge in [-0.1, -0.05) is 49.1 Å². The molecule has 1 aliphatic heterocycles. The summed E-state index contributed by atoms with van der Waals surface area (Å²) in [6.07, 6.45) is 1.77. The van der Waals surface area contributed by atoms with Crippen molar-refractivity contribution in [1.29, 1.82) is 0 Å². The van der Waals surface area contributed by atoms with Crippen LogP contribution in [-0.2, 0) is 16.1 Å². The fraction of sp³-hybridized carbons (Fsp3) is 0.238. The minimum atomic E-state index is -0.522. The smallest absolute Gasteiger partial charge is 0.316 e. The highest BCUT2D eigenvalue weighted by Crippen LogP contribution is 2.29. The van der Waals surface area contributed by atoms with E-state index < -0.39 is 11.8 Å². The van der Waals surface area contributed by atoms with Crippen molar-refractivity contribution in [1.82, 2.24) is 4.90 Å². The van der Waals surface area contributed by atoms with Gasteiger partial charge in [0.05, 0.1) is 12.3 Å². The summed E-state index contributed by atoms with van der Waals surface area (Å²) in [7, 11) is 0. The quantitative estimate of drug-likeness (QED) is 0.752. The summed E-state index contributed by atoms with van der Waals surface area (Å²) >= 11 is 0. The van der Waals surface area contributed by atoms with Crippen molar-refractivity contribution < 1.29 is 14.3 Å². The Hall–Kier alpha value is -3.08. The average Bonchev–Trinajstić information content (AvgIpc) is 2.67. The van der Waals surface area contributed by atoms with Crippen molar-refractivity contribution >= 4 is 23.6 Å². The zero-order chi connectivity index (χ0) is 18.5. The molecule has 134 valence electrons. The first-order valence-corrected chi connectivity index (χ1v) is 8.68. The van der Waals surface area contributed by atoms with Crippen LogP contribution in [0.2, 0.25) is 0 Å². The number of ether oxygens (including phenoxy) is 1. The predicted octanol–water partition coefficient (Wildman–Crippen LogP) is 3.10. The molecule has 0 radical (unpaired) electrons. The number of anilines is 1. The molecule has 0 spiro atoms. The number of hydrogen-bond donors (Lipinski definition) is 0. The summed E-state index contributed by atoms with van der Waals surface area (Å²) in [4.78, 5) is 28.3. The molecule has 3 rings (SSSR count). The van der Waals surface area contributed by atoms with E-state index in [9.17, 15) is 9.59 Å². The predicted molar refractivity (Wildman–Crippen MR) is 102 cm³/mol. The van der Waals surface area contributed by atoms with Crippen LogP contribution in [0.4, 0.5) is 5.69 Å². The molecule has 5 heteroatoms. The average molecular weight is 350 g/mol. The summed E-state index contributed by atoms with van der Waals surface area (Å²) in [5, 5.41) is 0. The molecule has 1 aliphatic rings. The SMILES string of the molecule is C=Cc1ccc(CN2CCN(c3ccccc3OCC)C(=O)C2=O)cc1. The van der Waals surface area contributed by atoms with E-state index >= 15 is 0 Å². The number of amides is 2. The van der Waals surface area contributed by atoms with Crippen LogP contribution in [-0.4, -0.2) is 36.4 Å². The van der Waals surface area contributed by atoms with Crippen molar-refractivity contribution in [2.45, 2.75) is 13.5 Å². The van der Waals surface area contributed by atoms with E-state index in [2.05, 4.69) is 6.58 Å². The van der Waals surface area contributed by atoms with Crippen molar-refractivity contribution in [2.24, 2.45) is 0 Å². The number of benzene rings is 2. The van der Waals surface area contributed by atoms with Crippen LogP contribution >= 0.6 is 0 Å². The summed E-state index contributed by atoms with van der Waals surface area (Å²) in [6, 6.07) is 15.1. The van der Waals surface area contributed by atoms with Gasteiger partial charge in [-0.15, -0.1) is 0 Å². The number of hydrogen-bond acceptors (Lipinski definition) is 3. The molecule has 2 aromatic carbocycles. The Morgan fingerprint density at radius 2 is 1.77 bits per heavy atom. The third-order valence-electron chi connectivity index (χ3n) is 4.35. The lowest BCUT2D eigenvalue weighted by Crippen LogP contribution is -2.54. The fourth-order valence-electron chi connectivity index (χ4n) is 2.99. The molecule has 0 aromatic heterocycles. The van der Waals surface area contributed by atoms with Crippen LogP contribution in [0.1, 0.15) is 18.1 Å². The van der Waals surface area contributed by atoms with Gasteiger partial charge in [-0.3, -0.25) is 14.5 Å². The number of carbonyl (C=O) groups excluding carboxylic acids is 2. The van der Waals surface area contributed by atoms with Gasteiger partial charge in [0, 0.05) is 19.6 Å². The minimum Gasteiger partial charge on any atom is -0.492 e. The highest BCUT2D eigenvalue weighted by atomic mass is 16.5. The zero-order valence-corrected chi connectivity index (χ0v) is 14.9. The summed E-state index contributed by atoms with van der Waals surface area (Å²) < 4.78 is 5.59. The monoisotopic (exact) mass is 350 g/mol. The molecule has 1 saturated heterocycles. The second-order valence-electron chi connectivity index (χ2n) is 6.03. The highest BCUT2D eigenvalue weighted by molar-refractivity contribution is 6.41. The summed E-state index contributed by atoms with van der Waals surface area (Å²) in [5.74, 6) is -0.397. The molecule has 0 N–H and O–H groups in total. The number of piperazine rings is 1. The van der Waals surface area contributed by atoms with E-state index in [1.54, 1.807) is 17.0 Å². The van der Waals surface area contributed by atoms with Crippen molar-refractivity contribution in [2.75, 3.05) is 24.6 Å². The minimum absolute atomic E-state index is 0.420. The van der Waals surface area contributed by atoms with E-state index in [4.69, 9.17) is 4.74 Å². The van der Waals surface area contributed by atoms with Crippen LogP contribution in [0.3, 0.4) is 0 Å². The molecule has 5 nitrogen and oxygen atoms in total. The Bertz CT molecular complexity index is 814. The Labute approximate surface area is 153 Å². The molecular weight excluding hydrogens is 328 g/mol. The number of carbonyl (C=O) groups is 2. The molecule has 26 heavy (non-hydrogen) atoms. The largest absolute Gasteiger partial charge is 0.492 e. The maximum atomic E-state index is 12.6. The van der Waals surface area contributed by atoms with Crippen LogP contribution in [0.15, 0.2) is 55.1 Å². The van der Waals surface area contributed by atoms with Gasteiger partial charge in [0.1, 0.15) is 5.75 Å². The molecule has 0 unspecified atom stereocenters. The summed E-state index contributed by atoms with van der Waals surface area (Å²) in [5.41, 5.74) is 2.65. The number of nitrogens with zero attached hydrogens (tertiary/aromatic N) is 2. The Balaban J connectivity index is 1.74. The first-order chi connectivity index (χ1) is 12.6. The number of rotatable bonds is 6. The lowest BCUT2D eigenvalue weighted by Gasteiger charge is -2.34. The molecule has 0 atom stereocenters. The Kier molecular flexibility index (Phi) is 5.37. The van der Waals surface area contributed by atoms with Gasteiger partial charge < -0.3 is 9.64 Å². The van der Waals surface area contributed by atoms with Gasteiger partial charge in [0.2, 0.25) is 0 Å². The molecular formula is C21H22N2O3. The van der Waals surface area contributed by atoms with Crippen molar-refractivity contribution in [3.8, 4) is 5.75 Å². The number of para-hydroxylation sites is 2. The van der Waals surface area contributed by atoms with E-state index in [0.717, 1.165) is 11.1 Å². The molecule has 0 saturated carbocycles. The third kappa shape index (κ3) is 3.61. The Morgan fingerprint density at radius 3 is 2.46 bits per heavy atom. The second kappa shape index (κ2) is 7.87. The standard InChI is InChI=1S/C21H22N2O3/c1-3-16-9-11-17(12-10-16)15-22-13-14-23(21(25)20(22)24)18-7-5-6-8-19(18)26-4-2/h3,5-12H,1,4,13-15H2,2H3. The first-order valence-electron chi connectivity index (χ1n) is 8.68. The van der Waals surface area contributed by atoms with Crippen molar-refractivity contribution in [3.05, 3.63) is 66.2 Å². The summed E-state index contributed by atoms with van der Waals surface area (Å²) in [6.45, 7) is 7.46. The second-order valence-corrected chi connectivity index (χ2v) is 6.03. The van der Waals surface area contributed by atoms with Crippen LogP contribution in [0, 0.1) is 0 Å². The van der Waals surface area contributed by atoms with E-state index in [0.29, 0.717) is 37.7 Å². The zero-order valence-electron chi connectivity index (χ0n) is 14.9. The van der Waals surface area contributed by atoms with Crippen LogP contribution in [0.25, 0.3) is 6.08 Å². The van der Waals surface area contributed by atoms with Gasteiger partial charge in [-0.2, -0.15) is 0 Å². The van der Waals surface area contributed by atoms with Gasteiger partial charge in [-0.25, -0.2) is 0 Å². The van der Waals surface area contributed by atoms with Gasteiger partial charge in [0.15, 0.2) is 0 Å². The lowest BCUT2D eigenvalue weighted by atomic mass is 10.1. The van der Waals surface area contributed by atoms with E-state index in [-0.39, 0.29) is 0 Å². The molecule has 2 amide bonds. The van der Waals surface area contributed by atoms with E-state index in [1.807, 2.05) is 49.4 Å². The van der Waals surface area contributed by atoms with Gasteiger partial charge >= 0.3 is 11.8 Å². The third-order valence-corrected chi connectivity index (χ3v) is 4.35. The van der Waals surface area contributed by atoms with Crippen LogP contribution in [0.5, 0.6) is 5.75 Å². The molecule has 0 bridgehead atoms. The first kappa shape index (κ1) is 17.7. The topological polar surface area (TPSA) is 49.9 Å². The van der Waals surface area contributed by atoms with Gasteiger partial charge in [0.25, 0.3) is 0 Å². The van der Waals surface area contributed by atoms with Crippen LogP contribution < -0.4 is 9.64 Å². The highest BCUT2D eigenvalue weighted by Gasteiger charge is 2.34. The van der Waals surface area contributed by atoms with Crippen molar-refractivity contribution in [3.63, 3.8) is 0 Å². The molecule has 2 aromatic rings. The normalized spacial score (nSPS) is 14.5. The maximum Gasteiger partial charge on any atom is 0.316 e.